The smallest absolute Gasteiger partial charge is 0.452 e. The average Bonchev–Trinajstić information content (AvgIpc) is 1.98. The zero-order chi connectivity index (χ0) is 12.9. The summed E-state index contributed by atoms with van der Waals surface area (Å²) in [5.74, 6) is -2.13. The van der Waals surface area contributed by atoms with Crippen molar-refractivity contribution in [2.45, 2.75) is 27.7 Å². The van der Waals surface area contributed by atoms with Gasteiger partial charge in [0, 0.05) is 26.0 Å². The van der Waals surface area contributed by atoms with Crippen LogP contribution in [0, 0.1) is 0 Å². The van der Waals surface area contributed by atoms with E-state index in [2.05, 4.69) is 6.58 Å². The van der Waals surface area contributed by atoms with Crippen molar-refractivity contribution in [3.05, 3.63) is 11.8 Å². The van der Waals surface area contributed by atoms with Crippen LogP contribution >= 0.6 is 0 Å². The van der Waals surface area contributed by atoms with E-state index in [1.54, 1.807) is 0 Å². The summed E-state index contributed by atoms with van der Waals surface area (Å²) in [7, 11) is -3.81. The van der Waals surface area contributed by atoms with Crippen molar-refractivity contribution in [1.82, 2.24) is 0 Å². The molecule has 0 aliphatic rings. The Bertz CT molecular complexity index is 294. The maximum atomic E-state index is 10.9. The lowest BCUT2D eigenvalue weighted by Gasteiger charge is -2.25. The van der Waals surface area contributed by atoms with Crippen LogP contribution < -0.4 is 0 Å². The Morgan fingerprint density at radius 2 is 1.06 bits per heavy atom. The highest BCUT2D eigenvalue weighted by atomic mass is 28.4. The summed E-state index contributed by atoms with van der Waals surface area (Å²) < 4.78 is 14.5. The summed E-state index contributed by atoms with van der Waals surface area (Å²) in [6, 6.07) is 0. The van der Waals surface area contributed by atoms with Gasteiger partial charge in [-0.05, 0) is 6.92 Å². The highest BCUT2D eigenvalue weighted by molar-refractivity contribution is 6.72. The molecular weight excluding hydrogens is 232 g/mol. The van der Waals surface area contributed by atoms with Crippen molar-refractivity contribution in [2.24, 2.45) is 0 Å². The molecule has 0 rings (SSSR count). The van der Waals surface area contributed by atoms with Gasteiger partial charge in [0.2, 0.25) is 0 Å². The van der Waals surface area contributed by atoms with Crippen molar-refractivity contribution in [2.75, 3.05) is 0 Å². The number of carbonyl (C=O) groups is 3. The number of hydrogen-bond acceptors (Lipinski definition) is 6. The fourth-order valence-electron chi connectivity index (χ4n) is 0.892. The van der Waals surface area contributed by atoms with E-state index < -0.39 is 26.7 Å². The molecule has 6 nitrogen and oxygen atoms in total. The first-order valence-corrected chi connectivity index (χ1v) is 6.17. The van der Waals surface area contributed by atoms with E-state index in [0.717, 1.165) is 20.8 Å². The first-order valence-electron chi connectivity index (χ1n) is 4.44. The van der Waals surface area contributed by atoms with Crippen LogP contribution in [-0.2, 0) is 27.7 Å². The molecule has 0 bridgehead atoms. The molecular formula is C9H14O6Si. The summed E-state index contributed by atoms with van der Waals surface area (Å²) in [5.41, 5.74) is 0. The molecule has 0 unspecified atom stereocenters. The van der Waals surface area contributed by atoms with Crippen molar-refractivity contribution in [3.8, 4) is 0 Å². The van der Waals surface area contributed by atoms with Gasteiger partial charge in [-0.2, -0.15) is 0 Å². The second-order valence-electron chi connectivity index (χ2n) is 3.12. The minimum atomic E-state index is -3.81. The summed E-state index contributed by atoms with van der Waals surface area (Å²) in [4.78, 5) is 32.7. The molecule has 7 heteroatoms. The van der Waals surface area contributed by atoms with Crippen LogP contribution in [-0.4, -0.2) is 26.7 Å². The van der Waals surface area contributed by atoms with Gasteiger partial charge in [0.05, 0.1) is 0 Å². The van der Waals surface area contributed by atoms with E-state index in [0.29, 0.717) is 0 Å². The molecule has 0 heterocycles. The zero-order valence-corrected chi connectivity index (χ0v) is 10.7. The monoisotopic (exact) mass is 246 g/mol. The Kier molecular flexibility index (Phi) is 4.89. The summed E-state index contributed by atoms with van der Waals surface area (Å²) in [6.07, 6.45) is 0. The van der Waals surface area contributed by atoms with Crippen LogP contribution in [0.25, 0.3) is 0 Å². The molecule has 0 aromatic rings. The highest BCUT2D eigenvalue weighted by Gasteiger charge is 2.53. The van der Waals surface area contributed by atoms with Crippen LogP contribution in [0.15, 0.2) is 11.8 Å². The van der Waals surface area contributed by atoms with Gasteiger partial charge < -0.3 is 13.3 Å². The molecule has 0 aliphatic carbocycles. The minimum absolute atomic E-state index is 0.202. The van der Waals surface area contributed by atoms with Gasteiger partial charge in [0.1, 0.15) is 0 Å². The van der Waals surface area contributed by atoms with E-state index in [-0.39, 0.29) is 5.20 Å². The lowest BCUT2D eigenvalue weighted by Crippen LogP contribution is -2.50. The fraction of sp³-hybridized carbons (Fsp3) is 0.444. The molecule has 0 aliphatic heterocycles. The normalized spacial score (nSPS) is 10.2. The number of allylic oxidation sites excluding steroid dienone is 1. The number of rotatable bonds is 4. The molecule has 90 valence electrons. The predicted octanol–water partition coefficient (Wildman–Crippen LogP) is 0.730. The molecule has 0 radical (unpaired) electrons. The van der Waals surface area contributed by atoms with Gasteiger partial charge in [0.25, 0.3) is 17.9 Å². The van der Waals surface area contributed by atoms with Gasteiger partial charge in [-0.1, -0.05) is 6.58 Å². The summed E-state index contributed by atoms with van der Waals surface area (Å²) in [5, 5.41) is 0.202. The Morgan fingerprint density at radius 1 is 0.812 bits per heavy atom. The molecule has 0 aromatic heterocycles. The highest BCUT2D eigenvalue weighted by Crippen LogP contribution is 2.19. The molecule has 0 fully saturated rings. The maximum Gasteiger partial charge on any atom is 0.737 e. The minimum Gasteiger partial charge on any atom is -0.452 e. The van der Waals surface area contributed by atoms with E-state index >= 15 is 0 Å². The third-order valence-corrected chi connectivity index (χ3v) is 4.07. The third kappa shape index (κ3) is 4.26. The molecule has 0 amide bonds. The zero-order valence-electron chi connectivity index (χ0n) is 9.66. The van der Waals surface area contributed by atoms with E-state index in [1.807, 2.05) is 0 Å². The Hall–Kier alpha value is -1.63. The first-order chi connectivity index (χ1) is 7.19. The molecule has 0 spiro atoms. The standard InChI is InChI=1S/C9H14O6Si/c1-6(2)16(13-7(3)10,14-8(4)11)15-9(5)12/h1H2,2-5H3. The van der Waals surface area contributed by atoms with Crippen molar-refractivity contribution < 1.29 is 27.7 Å². The van der Waals surface area contributed by atoms with E-state index in [9.17, 15) is 14.4 Å². The number of hydrogen-bond donors (Lipinski definition) is 0. The molecule has 0 atom stereocenters. The van der Waals surface area contributed by atoms with Gasteiger partial charge in [-0.25, -0.2) is 0 Å². The van der Waals surface area contributed by atoms with Gasteiger partial charge in [-0.15, -0.1) is 0 Å². The van der Waals surface area contributed by atoms with E-state index in [4.69, 9.17) is 13.3 Å². The van der Waals surface area contributed by atoms with Crippen LogP contribution in [0.5, 0.6) is 0 Å². The fourth-order valence-corrected chi connectivity index (χ4v) is 2.67. The first kappa shape index (κ1) is 14.4. The molecule has 16 heavy (non-hydrogen) atoms. The van der Waals surface area contributed by atoms with Crippen LogP contribution in [0.2, 0.25) is 0 Å². The quantitative estimate of drug-likeness (QED) is 0.680. The third-order valence-electron chi connectivity index (χ3n) is 1.36. The van der Waals surface area contributed by atoms with Crippen molar-refractivity contribution in [1.29, 1.82) is 0 Å². The predicted molar refractivity (Wildman–Crippen MR) is 55.9 cm³/mol. The SMILES string of the molecule is C=C(C)[Si](OC(C)=O)(OC(C)=O)OC(C)=O. The lowest BCUT2D eigenvalue weighted by molar-refractivity contribution is -0.147. The van der Waals surface area contributed by atoms with Crippen molar-refractivity contribution >= 4 is 26.7 Å². The second kappa shape index (κ2) is 5.45. The second-order valence-corrected chi connectivity index (χ2v) is 5.70. The lowest BCUT2D eigenvalue weighted by atomic mass is 10.8. The molecule has 0 saturated carbocycles. The molecule has 0 N–H and O–H groups in total. The Morgan fingerprint density at radius 3 is 1.19 bits per heavy atom. The Balaban J connectivity index is 5.19. The van der Waals surface area contributed by atoms with Crippen LogP contribution in [0.4, 0.5) is 0 Å². The maximum absolute atomic E-state index is 10.9. The topological polar surface area (TPSA) is 78.9 Å². The number of carbonyl (C=O) groups excluding carboxylic acids is 3. The molecule has 0 aromatic carbocycles. The summed E-state index contributed by atoms with van der Waals surface area (Å²) >= 11 is 0. The Labute approximate surface area is 94.5 Å². The van der Waals surface area contributed by atoms with Crippen LogP contribution in [0.1, 0.15) is 27.7 Å². The molecule has 0 saturated heterocycles. The van der Waals surface area contributed by atoms with E-state index in [1.165, 1.54) is 6.92 Å². The average molecular weight is 246 g/mol. The largest absolute Gasteiger partial charge is 0.737 e. The van der Waals surface area contributed by atoms with Crippen molar-refractivity contribution in [3.63, 3.8) is 0 Å². The van der Waals surface area contributed by atoms with Gasteiger partial charge >= 0.3 is 8.80 Å². The van der Waals surface area contributed by atoms with Gasteiger partial charge in [0.15, 0.2) is 0 Å². The summed E-state index contributed by atoms with van der Waals surface area (Å²) in [6.45, 7) is 8.34. The van der Waals surface area contributed by atoms with Gasteiger partial charge in [-0.3, -0.25) is 14.4 Å². The van der Waals surface area contributed by atoms with Crippen LogP contribution in [0.3, 0.4) is 0 Å².